The smallest absolute Gasteiger partial charge is 0.220 e. The number of nitrogens with zero attached hydrogens (tertiary/aromatic N) is 2. The topological polar surface area (TPSA) is 56.7 Å². The molecule has 0 aromatic rings. The summed E-state index contributed by atoms with van der Waals surface area (Å²) >= 11 is 0. The molecule has 0 aromatic heterocycles. The summed E-state index contributed by atoms with van der Waals surface area (Å²) in [5.41, 5.74) is 0.132. The molecule has 3 rings (SSSR count). The first-order valence-corrected chi connectivity index (χ1v) is 9.93. The first-order valence-electron chi connectivity index (χ1n) is 9.93. The van der Waals surface area contributed by atoms with Crippen molar-refractivity contribution in [2.24, 2.45) is 16.3 Å². The molecule has 1 aliphatic carbocycles. The van der Waals surface area contributed by atoms with Crippen LogP contribution in [-0.2, 0) is 4.79 Å². The fourth-order valence-electron chi connectivity index (χ4n) is 4.74. The minimum atomic E-state index is 0.132. The molecule has 2 N–H and O–H groups in total. The van der Waals surface area contributed by atoms with Crippen molar-refractivity contribution in [3.63, 3.8) is 0 Å². The maximum atomic E-state index is 11.7. The summed E-state index contributed by atoms with van der Waals surface area (Å²) < 4.78 is 0. The Morgan fingerprint density at radius 3 is 2.67 bits per heavy atom. The Kier molecular flexibility index (Phi) is 6.01. The predicted molar refractivity (Wildman–Crippen MR) is 98.0 cm³/mol. The first kappa shape index (κ1) is 17.6. The van der Waals surface area contributed by atoms with Crippen LogP contribution in [0.25, 0.3) is 0 Å². The van der Waals surface area contributed by atoms with Gasteiger partial charge in [0.05, 0.1) is 0 Å². The zero-order chi connectivity index (χ0) is 16.8. The second kappa shape index (κ2) is 8.21. The third-order valence-corrected chi connectivity index (χ3v) is 6.14. The average molecular weight is 335 g/mol. The number of carbonyl (C=O) groups is 1. The number of amides is 1. The molecule has 0 aromatic carbocycles. The van der Waals surface area contributed by atoms with Crippen molar-refractivity contribution in [2.75, 3.05) is 33.2 Å². The number of rotatable bonds is 2. The van der Waals surface area contributed by atoms with Crippen molar-refractivity contribution in [1.29, 1.82) is 0 Å². The monoisotopic (exact) mass is 334 g/mol. The number of piperidine rings is 1. The number of hydrogen-bond acceptors (Lipinski definition) is 2. The molecule has 3 fully saturated rings. The number of likely N-dealkylation sites (tertiary alicyclic amines) is 1. The number of carbonyl (C=O) groups excluding carboxylic acids is 1. The van der Waals surface area contributed by atoms with Gasteiger partial charge in [-0.2, -0.15) is 0 Å². The molecule has 3 aliphatic rings. The van der Waals surface area contributed by atoms with Gasteiger partial charge >= 0.3 is 0 Å². The maximum absolute atomic E-state index is 11.7. The van der Waals surface area contributed by atoms with E-state index in [1.165, 1.54) is 44.9 Å². The van der Waals surface area contributed by atoms with Crippen molar-refractivity contribution in [1.82, 2.24) is 15.5 Å². The zero-order valence-electron chi connectivity index (χ0n) is 15.3. The molecule has 0 bridgehead atoms. The number of guanidine groups is 1. The molecule has 2 saturated heterocycles. The summed E-state index contributed by atoms with van der Waals surface area (Å²) in [5.74, 6) is 2.04. The Morgan fingerprint density at radius 1 is 1.25 bits per heavy atom. The van der Waals surface area contributed by atoms with Crippen molar-refractivity contribution in [3.8, 4) is 0 Å². The van der Waals surface area contributed by atoms with Crippen molar-refractivity contribution < 1.29 is 4.79 Å². The Bertz CT molecular complexity index is 456. The van der Waals surface area contributed by atoms with Crippen LogP contribution in [0.4, 0.5) is 0 Å². The highest BCUT2D eigenvalue weighted by Crippen LogP contribution is 2.36. The lowest BCUT2D eigenvalue weighted by Crippen LogP contribution is -2.52. The van der Waals surface area contributed by atoms with Gasteiger partial charge in [-0.25, -0.2) is 0 Å². The minimum Gasteiger partial charge on any atom is -0.356 e. The number of nitrogens with one attached hydrogen (secondary N) is 2. The van der Waals surface area contributed by atoms with E-state index in [0.717, 1.165) is 50.9 Å². The van der Waals surface area contributed by atoms with Crippen LogP contribution in [0, 0.1) is 11.3 Å². The van der Waals surface area contributed by atoms with Crippen LogP contribution in [0.2, 0.25) is 0 Å². The highest BCUT2D eigenvalue weighted by atomic mass is 16.1. The largest absolute Gasteiger partial charge is 0.356 e. The van der Waals surface area contributed by atoms with E-state index in [9.17, 15) is 4.79 Å². The molecule has 1 atom stereocenters. The highest BCUT2D eigenvalue weighted by molar-refractivity contribution is 5.81. The third-order valence-electron chi connectivity index (χ3n) is 6.14. The Hall–Kier alpha value is -1.26. The maximum Gasteiger partial charge on any atom is 0.220 e. The van der Waals surface area contributed by atoms with Gasteiger partial charge in [0, 0.05) is 45.1 Å². The summed E-state index contributed by atoms with van der Waals surface area (Å²) in [6.07, 6.45) is 12.7. The Balaban J connectivity index is 1.52. The van der Waals surface area contributed by atoms with Crippen LogP contribution < -0.4 is 10.6 Å². The van der Waals surface area contributed by atoms with E-state index in [-0.39, 0.29) is 11.3 Å². The summed E-state index contributed by atoms with van der Waals surface area (Å²) in [4.78, 5) is 18.6. The second-order valence-electron chi connectivity index (χ2n) is 8.12. The number of aliphatic imine (C=N–C) groups is 1. The quantitative estimate of drug-likeness (QED) is 0.603. The second-order valence-corrected chi connectivity index (χ2v) is 8.12. The molecular weight excluding hydrogens is 300 g/mol. The van der Waals surface area contributed by atoms with E-state index in [1.54, 1.807) is 0 Å². The molecule has 5 heteroatoms. The lowest BCUT2D eigenvalue weighted by Gasteiger charge is -2.41. The van der Waals surface area contributed by atoms with Gasteiger partial charge < -0.3 is 15.5 Å². The molecule has 5 nitrogen and oxygen atoms in total. The van der Waals surface area contributed by atoms with Gasteiger partial charge in [-0.3, -0.25) is 9.79 Å². The SMILES string of the molecule is CN=C(NCC1CCCCCCC1)N1CCCC2(CNC(=O)C2)C1. The summed E-state index contributed by atoms with van der Waals surface area (Å²) in [6, 6.07) is 0. The Labute approximate surface area is 146 Å². The molecule has 1 saturated carbocycles. The van der Waals surface area contributed by atoms with Crippen LogP contribution in [0.3, 0.4) is 0 Å². The highest BCUT2D eigenvalue weighted by Gasteiger charge is 2.42. The van der Waals surface area contributed by atoms with Crippen molar-refractivity contribution in [2.45, 2.75) is 64.2 Å². The molecule has 0 radical (unpaired) electrons. The molecule has 1 unspecified atom stereocenters. The van der Waals surface area contributed by atoms with E-state index < -0.39 is 0 Å². The lowest BCUT2D eigenvalue weighted by molar-refractivity contribution is -0.119. The molecule has 136 valence electrons. The van der Waals surface area contributed by atoms with E-state index in [0.29, 0.717) is 6.42 Å². The van der Waals surface area contributed by atoms with E-state index in [1.807, 2.05) is 7.05 Å². The molecule has 24 heavy (non-hydrogen) atoms. The van der Waals surface area contributed by atoms with Gasteiger partial charge in [-0.1, -0.05) is 32.1 Å². The van der Waals surface area contributed by atoms with Gasteiger partial charge in [0.1, 0.15) is 0 Å². The molecular formula is C19H34N4O. The molecule has 2 heterocycles. The lowest BCUT2D eigenvalue weighted by atomic mass is 9.79. The van der Waals surface area contributed by atoms with E-state index >= 15 is 0 Å². The summed E-state index contributed by atoms with van der Waals surface area (Å²) in [5, 5.41) is 6.67. The van der Waals surface area contributed by atoms with Crippen LogP contribution >= 0.6 is 0 Å². The van der Waals surface area contributed by atoms with Gasteiger partial charge in [0.2, 0.25) is 5.91 Å². The van der Waals surface area contributed by atoms with Gasteiger partial charge in [-0.15, -0.1) is 0 Å². The number of hydrogen-bond donors (Lipinski definition) is 2. The average Bonchev–Trinajstić information content (AvgIpc) is 2.90. The standard InChI is InChI=1S/C19H34N4O/c1-20-18(21-13-16-8-5-3-2-4-6-9-16)23-11-7-10-19(15-23)12-17(24)22-14-19/h16H,2-15H2,1H3,(H,20,21)(H,22,24). The summed E-state index contributed by atoms with van der Waals surface area (Å²) in [6.45, 7) is 3.89. The van der Waals surface area contributed by atoms with Crippen LogP contribution in [0.1, 0.15) is 64.2 Å². The minimum absolute atomic E-state index is 0.132. The fraction of sp³-hybridized carbons (Fsp3) is 0.895. The molecule has 1 amide bonds. The van der Waals surface area contributed by atoms with E-state index in [2.05, 4.69) is 20.5 Å². The summed E-state index contributed by atoms with van der Waals surface area (Å²) in [7, 11) is 1.89. The van der Waals surface area contributed by atoms with Gasteiger partial charge in [0.25, 0.3) is 0 Å². The third kappa shape index (κ3) is 4.42. The van der Waals surface area contributed by atoms with E-state index in [4.69, 9.17) is 0 Å². The molecule has 2 aliphatic heterocycles. The van der Waals surface area contributed by atoms with Crippen molar-refractivity contribution >= 4 is 11.9 Å². The normalized spacial score (nSPS) is 30.1. The van der Waals surface area contributed by atoms with Crippen molar-refractivity contribution in [3.05, 3.63) is 0 Å². The Morgan fingerprint density at radius 2 is 2.00 bits per heavy atom. The van der Waals surface area contributed by atoms with Crippen LogP contribution in [0.15, 0.2) is 4.99 Å². The predicted octanol–water partition coefficient (Wildman–Crippen LogP) is 2.52. The van der Waals surface area contributed by atoms with Gasteiger partial charge in [-0.05, 0) is 31.6 Å². The van der Waals surface area contributed by atoms with Gasteiger partial charge in [0.15, 0.2) is 5.96 Å². The first-order chi connectivity index (χ1) is 11.7. The zero-order valence-corrected chi connectivity index (χ0v) is 15.3. The van der Waals surface area contributed by atoms with Crippen LogP contribution in [-0.4, -0.2) is 50.0 Å². The fourth-order valence-corrected chi connectivity index (χ4v) is 4.74. The van der Waals surface area contributed by atoms with Crippen LogP contribution in [0.5, 0.6) is 0 Å². The molecule has 1 spiro atoms.